The Balaban J connectivity index is 3.55. The summed E-state index contributed by atoms with van der Waals surface area (Å²) < 4.78 is 25.6. The van der Waals surface area contributed by atoms with E-state index in [0.717, 1.165) is 26.1 Å². The van der Waals surface area contributed by atoms with Gasteiger partial charge in [0.15, 0.2) is 0 Å². The lowest BCUT2D eigenvalue weighted by Gasteiger charge is -2.10. The van der Waals surface area contributed by atoms with E-state index >= 15 is 0 Å². The first kappa shape index (κ1) is 15.8. The maximum absolute atomic E-state index is 11.5. The quantitative estimate of drug-likeness (QED) is 0.531. The van der Waals surface area contributed by atoms with Gasteiger partial charge in [-0.05, 0) is 46.6 Å². The van der Waals surface area contributed by atoms with Crippen molar-refractivity contribution < 1.29 is 8.42 Å². The third-order valence-corrected chi connectivity index (χ3v) is 3.59. The number of nitrogens with one attached hydrogen (secondary N) is 2. The van der Waals surface area contributed by atoms with E-state index < -0.39 is 10.0 Å². The molecule has 0 unspecified atom stereocenters. The summed E-state index contributed by atoms with van der Waals surface area (Å²) >= 11 is 0. The number of hydrogen-bond acceptors (Lipinski definition) is 4. The molecule has 0 rings (SSSR count). The number of hydrogen-bond donors (Lipinski definition) is 2. The van der Waals surface area contributed by atoms with Crippen molar-refractivity contribution in [3.63, 3.8) is 0 Å². The van der Waals surface area contributed by atoms with E-state index in [1.807, 2.05) is 25.9 Å². The van der Waals surface area contributed by atoms with Gasteiger partial charge < -0.3 is 10.2 Å². The van der Waals surface area contributed by atoms with Crippen molar-refractivity contribution >= 4 is 10.0 Å². The Bertz CT molecular complexity index is 253. The zero-order valence-electron chi connectivity index (χ0n) is 10.6. The molecule has 0 fully saturated rings. The minimum absolute atomic E-state index is 0.210. The second kappa shape index (κ2) is 8.92. The van der Waals surface area contributed by atoms with Gasteiger partial charge in [-0.1, -0.05) is 6.92 Å². The molecule has 16 heavy (non-hydrogen) atoms. The van der Waals surface area contributed by atoms with Gasteiger partial charge in [0.25, 0.3) is 0 Å². The van der Waals surface area contributed by atoms with E-state index in [9.17, 15) is 8.42 Å². The van der Waals surface area contributed by atoms with Crippen molar-refractivity contribution in [3.05, 3.63) is 0 Å². The van der Waals surface area contributed by atoms with Crippen LogP contribution in [0.15, 0.2) is 0 Å². The molecule has 5 nitrogen and oxygen atoms in total. The Labute approximate surface area is 99.6 Å². The Morgan fingerprint density at radius 2 is 1.81 bits per heavy atom. The highest BCUT2D eigenvalue weighted by molar-refractivity contribution is 7.89. The SMILES string of the molecule is CCNCCCS(=O)(=O)NCCCN(C)C. The molecule has 0 spiro atoms. The van der Waals surface area contributed by atoms with Crippen LogP contribution in [0, 0.1) is 0 Å². The third kappa shape index (κ3) is 10.4. The van der Waals surface area contributed by atoms with Gasteiger partial charge in [-0.3, -0.25) is 0 Å². The summed E-state index contributed by atoms with van der Waals surface area (Å²) in [5.74, 6) is 0.210. The monoisotopic (exact) mass is 251 g/mol. The van der Waals surface area contributed by atoms with Crippen LogP contribution in [0.25, 0.3) is 0 Å². The molecule has 0 atom stereocenters. The van der Waals surface area contributed by atoms with Gasteiger partial charge in [-0.25, -0.2) is 13.1 Å². The molecule has 0 aliphatic heterocycles. The standard InChI is InChI=1S/C10H25N3O2S/c1-4-11-7-6-10-16(14,15)12-8-5-9-13(2)3/h11-12H,4-10H2,1-3H3. The number of nitrogens with zero attached hydrogens (tertiary/aromatic N) is 1. The van der Waals surface area contributed by atoms with Gasteiger partial charge in [0.1, 0.15) is 0 Å². The molecule has 0 aliphatic carbocycles. The van der Waals surface area contributed by atoms with Gasteiger partial charge >= 0.3 is 0 Å². The lowest BCUT2D eigenvalue weighted by Crippen LogP contribution is -2.30. The van der Waals surface area contributed by atoms with Crippen molar-refractivity contribution in [1.82, 2.24) is 14.9 Å². The summed E-state index contributed by atoms with van der Waals surface area (Å²) in [6.45, 7) is 5.08. The molecular weight excluding hydrogens is 226 g/mol. The van der Waals surface area contributed by atoms with Crippen LogP contribution >= 0.6 is 0 Å². The summed E-state index contributed by atoms with van der Waals surface area (Å²) in [4.78, 5) is 2.04. The van der Waals surface area contributed by atoms with Crippen molar-refractivity contribution in [3.8, 4) is 0 Å². The highest BCUT2D eigenvalue weighted by Crippen LogP contribution is 1.90. The summed E-state index contributed by atoms with van der Waals surface area (Å²) in [7, 11) is 0.886. The zero-order chi connectivity index (χ0) is 12.4. The van der Waals surface area contributed by atoms with Crippen LogP contribution in [0.3, 0.4) is 0 Å². The van der Waals surface area contributed by atoms with Crippen LogP contribution in [0.5, 0.6) is 0 Å². The maximum atomic E-state index is 11.5. The molecule has 0 amide bonds. The van der Waals surface area contributed by atoms with E-state index in [4.69, 9.17) is 0 Å². The van der Waals surface area contributed by atoms with Crippen molar-refractivity contribution in [2.24, 2.45) is 0 Å². The van der Waals surface area contributed by atoms with Gasteiger partial charge in [0.05, 0.1) is 5.75 Å². The van der Waals surface area contributed by atoms with E-state index in [-0.39, 0.29) is 5.75 Å². The molecule has 0 bridgehead atoms. The molecule has 0 aromatic rings. The van der Waals surface area contributed by atoms with Gasteiger partial charge in [-0.2, -0.15) is 0 Å². The average molecular weight is 251 g/mol. The fourth-order valence-electron chi connectivity index (χ4n) is 1.26. The Morgan fingerprint density at radius 1 is 1.12 bits per heavy atom. The fourth-order valence-corrected chi connectivity index (χ4v) is 2.38. The molecule has 0 aliphatic rings. The van der Waals surface area contributed by atoms with E-state index in [1.54, 1.807) is 0 Å². The van der Waals surface area contributed by atoms with Gasteiger partial charge in [-0.15, -0.1) is 0 Å². The molecule has 0 aromatic carbocycles. The van der Waals surface area contributed by atoms with Gasteiger partial charge in [0, 0.05) is 6.54 Å². The summed E-state index contributed by atoms with van der Waals surface area (Å²) in [6.07, 6.45) is 1.51. The van der Waals surface area contributed by atoms with Crippen LogP contribution in [-0.2, 0) is 10.0 Å². The Kier molecular flexibility index (Phi) is 8.83. The number of rotatable bonds is 10. The molecular formula is C10H25N3O2S. The number of sulfonamides is 1. The second-order valence-electron chi connectivity index (χ2n) is 4.08. The average Bonchev–Trinajstić information content (AvgIpc) is 2.19. The fraction of sp³-hybridized carbons (Fsp3) is 1.00. The summed E-state index contributed by atoms with van der Waals surface area (Å²) in [5, 5.41) is 3.10. The first-order chi connectivity index (χ1) is 7.48. The molecule has 0 saturated heterocycles. The highest BCUT2D eigenvalue weighted by Gasteiger charge is 2.08. The highest BCUT2D eigenvalue weighted by atomic mass is 32.2. The van der Waals surface area contributed by atoms with Crippen molar-refractivity contribution in [2.75, 3.05) is 46.0 Å². The second-order valence-corrected chi connectivity index (χ2v) is 6.00. The van der Waals surface area contributed by atoms with Crippen LogP contribution in [-0.4, -0.2) is 59.3 Å². The largest absolute Gasteiger partial charge is 0.317 e. The van der Waals surface area contributed by atoms with E-state index in [2.05, 4.69) is 10.0 Å². The lowest BCUT2D eigenvalue weighted by molar-refractivity contribution is 0.400. The predicted molar refractivity (Wildman–Crippen MR) is 68.1 cm³/mol. The molecule has 6 heteroatoms. The first-order valence-corrected chi connectivity index (χ1v) is 7.46. The normalized spacial score (nSPS) is 12.2. The van der Waals surface area contributed by atoms with Crippen LogP contribution in [0.2, 0.25) is 0 Å². The van der Waals surface area contributed by atoms with Crippen molar-refractivity contribution in [1.29, 1.82) is 0 Å². The predicted octanol–water partition coefficient (Wildman–Crippen LogP) is -0.143. The van der Waals surface area contributed by atoms with Crippen LogP contribution in [0.1, 0.15) is 19.8 Å². The molecule has 0 heterocycles. The summed E-state index contributed by atoms with van der Waals surface area (Å²) in [6, 6.07) is 0. The summed E-state index contributed by atoms with van der Waals surface area (Å²) in [5.41, 5.74) is 0. The topological polar surface area (TPSA) is 61.4 Å². The van der Waals surface area contributed by atoms with E-state index in [0.29, 0.717) is 13.0 Å². The van der Waals surface area contributed by atoms with Gasteiger partial charge in [0.2, 0.25) is 10.0 Å². The zero-order valence-corrected chi connectivity index (χ0v) is 11.4. The Morgan fingerprint density at radius 3 is 2.38 bits per heavy atom. The molecule has 98 valence electrons. The maximum Gasteiger partial charge on any atom is 0.211 e. The minimum Gasteiger partial charge on any atom is -0.317 e. The molecule has 0 aromatic heterocycles. The van der Waals surface area contributed by atoms with Crippen LogP contribution < -0.4 is 10.0 Å². The third-order valence-electron chi connectivity index (χ3n) is 2.12. The van der Waals surface area contributed by atoms with E-state index in [1.165, 1.54) is 0 Å². The lowest BCUT2D eigenvalue weighted by atomic mass is 10.4. The molecule has 0 radical (unpaired) electrons. The smallest absolute Gasteiger partial charge is 0.211 e. The molecule has 2 N–H and O–H groups in total. The first-order valence-electron chi connectivity index (χ1n) is 5.80. The van der Waals surface area contributed by atoms with Crippen LogP contribution in [0.4, 0.5) is 0 Å². The molecule has 0 saturated carbocycles. The van der Waals surface area contributed by atoms with Crippen molar-refractivity contribution in [2.45, 2.75) is 19.8 Å². The minimum atomic E-state index is -3.07. The Hall–Kier alpha value is -0.170.